The van der Waals surface area contributed by atoms with E-state index in [1.807, 2.05) is 49.9 Å². The number of carbonyl (C=O) groups is 4. The number of anilines is 1. The Kier molecular flexibility index (Phi) is 22.6. The highest BCUT2D eigenvalue weighted by atomic mass is 16.6. The standard InChI is InChI=1S/C64H89N9O12/c1-40(2)52(69-62(76)80-10)60(74)71-28-12-14-50(71)58-65-38-48(67-58)42-16-20-44(21-17-42)54-56(84-36-34-82-32-30-78-8)57(85-37-35-83-33-31-79-9)55(73(54)47-26-24-46(25-27-47)64(5,6)7)45-22-18-43(19-23-45)49-39-66-59(68-49)51-15-13-29-72(51)61(75)53(41(3)4)70-63(77)81-11/h16-27,38-41,50-57H,12-15,28-37H2,1-11H3,(H,65,67)(H,66,68)(H,69,76)(H,70,77)/t50-,51-,52-,53-,54+,55+,56-,57-/m0/s1. The highest BCUT2D eigenvalue weighted by molar-refractivity contribution is 5.87. The molecule has 0 unspecified atom stereocenters. The number of imidazole rings is 2. The van der Waals surface area contributed by atoms with E-state index in [1.165, 1.54) is 19.8 Å². The lowest BCUT2D eigenvalue weighted by Crippen LogP contribution is -2.51. The van der Waals surface area contributed by atoms with Gasteiger partial charge in [-0.1, -0.05) is 109 Å². The van der Waals surface area contributed by atoms with Gasteiger partial charge in [0, 0.05) is 56.5 Å². The van der Waals surface area contributed by atoms with Crippen LogP contribution in [-0.2, 0) is 52.9 Å². The number of carbonyl (C=O) groups excluding carboxylic acids is 4. The lowest BCUT2D eigenvalue weighted by molar-refractivity contribution is -0.136. The van der Waals surface area contributed by atoms with Gasteiger partial charge in [0.1, 0.15) is 35.9 Å². The van der Waals surface area contributed by atoms with Gasteiger partial charge >= 0.3 is 12.2 Å². The van der Waals surface area contributed by atoms with Crippen LogP contribution in [0.2, 0.25) is 0 Å². The Hall–Kier alpha value is -6.88. The number of aromatic amines is 2. The summed E-state index contributed by atoms with van der Waals surface area (Å²) in [4.78, 5) is 75.6. The van der Waals surface area contributed by atoms with Crippen molar-refractivity contribution in [2.24, 2.45) is 11.8 Å². The van der Waals surface area contributed by atoms with E-state index in [0.717, 1.165) is 65.0 Å². The van der Waals surface area contributed by atoms with Crippen LogP contribution in [0.5, 0.6) is 0 Å². The number of nitrogens with one attached hydrogen (secondary N) is 4. The summed E-state index contributed by atoms with van der Waals surface area (Å²) in [6.07, 6.45) is 4.47. The SMILES string of the molecule is COCCOCCO[C@@H]1[C@@H](OCCOCCOC)[C@@H](c2ccc(-c3c[nH]c([C@@H]4CCCN4C(=O)[C@@H](NC(=O)OC)C(C)C)n3)cc2)N(c2ccc(C(C)(C)C)cc2)[C@@H]1c1ccc(-c2c[nH]c([C@@H]3CCCN3C(=O)[C@@H](NC(=O)OC)C(C)C)n2)cc1. The van der Waals surface area contributed by atoms with Gasteiger partial charge in [-0.3, -0.25) is 9.59 Å². The first-order valence-corrected chi connectivity index (χ1v) is 29.8. The number of nitrogens with zero attached hydrogens (tertiary/aromatic N) is 5. The molecule has 8 atom stereocenters. The molecule has 3 aromatic carbocycles. The Morgan fingerprint density at radius 2 is 0.965 bits per heavy atom. The van der Waals surface area contributed by atoms with Crippen molar-refractivity contribution >= 4 is 29.7 Å². The third-order valence-corrected chi connectivity index (χ3v) is 16.3. The molecule has 3 fully saturated rings. The molecule has 0 saturated carbocycles. The molecule has 4 amide bonds. The predicted molar refractivity (Wildman–Crippen MR) is 322 cm³/mol. The van der Waals surface area contributed by atoms with Crippen LogP contribution < -0.4 is 15.5 Å². The minimum absolute atomic E-state index is 0.0945. The third kappa shape index (κ3) is 15.6. The third-order valence-electron chi connectivity index (χ3n) is 16.3. The van der Waals surface area contributed by atoms with Crippen molar-refractivity contribution in [1.29, 1.82) is 0 Å². The Labute approximate surface area is 500 Å². The Balaban J connectivity index is 1.15. The first-order chi connectivity index (χ1) is 41.0. The van der Waals surface area contributed by atoms with E-state index in [-0.39, 0.29) is 66.4 Å². The van der Waals surface area contributed by atoms with Crippen molar-refractivity contribution in [2.45, 2.75) is 128 Å². The topological polar surface area (TPSA) is 233 Å². The second-order valence-corrected chi connectivity index (χ2v) is 23.7. The Morgan fingerprint density at radius 1 is 0.565 bits per heavy atom. The van der Waals surface area contributed by atoms with Crippen LogP contribution in [0.15, 0.2) is 85.2 Å². The van der Waals surface area contributed by atoms with Crippen molar-refractivity contribution in [3.8, 4) is 22.5 Å². The number of ether oxygens (including phenoxy) is 8. The molecular weight excluding hydrogens is 1090 g/mol. The second-order valence-electron chi connectivity index (χ2n) is 23.7. The summed E-state index contributed by atoms with van der Waals surface area (Å²) >= 11 is 0. The van der Waals surface area contributed by atoms with Gasteiger partial charge in [-0.05, 0) is 71.8 Å². The lowest BCUT2D eigenvalue weighted by atomic mass is 9.87. The fraction of sp³-hybridized carbons (Fsp3) is 0.562. The lowest BCUT2D eigenvalue weighted by Gasteiger charge is -2.34. The molecule has 2 aromatic heterocycles. The van der Waals surface area contributed by atoms with Gasteiger partial charge in [0.15, 0.2) is 0 Å². The van der Waals surface area contributed by atoms with Crippen molar-refractivity contribution in [3.63, 3.8) is 0 Å². The monoisotopic (exact) mass is 1180 g/mol. The van der Waals surface area contributed by atoms with Gasteiger partial charge in [-0.15, -0.1) is 0 Å². The van der Waals surface area contributed by atoms with Gasteiger partial charge in [0.2, 0.25) is 11.8 Å². The molecule has 0 spiro atoms. The maximum Gasteiger partial charge on any atom is 0.407 e. The number of hydrogen-bond acceptors (Lipinski definition) is 15. The maximum absolute atomic E-state index is 14.0. The molecule has 4 N–H and O–H groups in total. The molecule has 21 nitrogen and oxygen atoms in total. The molecule has 85 heavy (non-hydrogen) atoms. The largest absolute Gasteiger partial charge is 0.453 e. The molecule has 0 aliphatic carbocycles. The summed E-state index contributed by atoms with van der Waals surface area (Å²) in [7, 11) is 5.88. The van der Waals surface area contributed by atoms with Crippen LogP contribution in [0, 0.1) is 11.8 Å². The average Bonchev–Trinajstić information content (AvgIpc) is 2.03. The predicted octanol–water partition coefficient (Wildman–Crippen LogP) is 9.25. The summed E-state index contributed by atoms with van der Waals surface area (Å²) in [5.41, 5.74) is 7.29. The number of hydrogen-bond donors (Lipinski definition) is 4. The van der Waals surface area contributed by atoms with Gasteiger partial charge < -0.3 is 73.2 Å². The summed E-state index contributed by atoms with van der Waals surface area (Å²) in [6.45, 7) is 18.3. The van der Waals surface area contributed by atoms with Gasteiger partial charge in [-0.25, -0.2) is 19.6 Å². The van der Waals surface area contributed by atoms with Crippen LogP contribution >= 0.6 is 0 Å². The molecular formula is C64H89N9O12. The quantitative estimate of drug-likeness (QED) is 0.0359. The van der Waals surface area contributed by atoms with Crippen molar-refractivity contribution in [2.75, 3.05) is 99.3 Å². The molecule has 3 aliphatic heterocycles. The maximum atomic E-state index is 14.0. The minimum Gasteiger partial charge on any atom is -0.453 e. The first-order valence-electron chi connectivity index (χ1n) is 29.8. The molecule has 3 aliphatic rings. The molecule has 0 bridgehead atoms. The van der Waals surface area contributed by atoms with E-state index in [1.54, 1.807) is 14.2 Å². The van der Waals surface area contributed by atoms with Crippen LogP contribution in [0.25, 0.3) is 22.5 Å². The van der Waals surface area contributed by atoms with Crippen molar-refractivity contribution < 1.29 is 57.1 Å². The number of methoxy groups -OCH3 is 4. The summed E-state index contributed by atoms with van der Waals surface area (Å²) in [6, 6.07) is 22.8. The number of alkyl carbamates (subject to hydrolysis) is 2. The number of H-pyrrole nitrogens is 2. The first kappa shape index (κ1) is 64.1. The molecule has 3 saturated heterocycles. The normalized spacial score (nSPS) is 20.6. The molecule has 21 heteroatoms. The second kappa shape index (κ2) is 30.0. The van der Waals surface area contributed by atoms with Gasteiger partial charge in [0.05, 0.1) is 103 Å². The Bertz CT molecular complexity index is 2760. The van der Waals surface area contributed by atoms with Crippen LogP contribution in [0.3, 0.4) is 0 Å². The Morgan fingerprint density at radius 3 is 1.33 bits per heavy atom. The molecule has 8 rings (SSSR count). The molecule has 0 radical (unpaired) electrons. The molecule has 462 valence electrons. The fourth-order valence-corrected chi connectivity index (χ4v) is 11.7. The van der Waals surface area contributed by atoms with E-state index in [9.17, 15) is 19.2 Å². The summed E-state index contributed by atoms with van der Waals surface area (Å²) in [5, 5.41) is 5.48. The van der Waals surface area contributed by atoms with Crippen molar-refractivity contribution in [1.82, 2.24) is 40.4 Å². The van der Waals surface area contributed by atoms with Crippen molar-refractivity contribution in [3.05, 3.63) is 114 Å². The number of likely N-dealkylation sites (tertiary alicyclic amines) is 2. The van der Waals surface area contributed by atoms with Crippen LogP contribution in [-0.4, -0.2) is 172 Å². The summed E-state index contributed by atoms with van der Waals surface area (Å²) in [5.74, 6) is 0.703. The van der Waals surface area contributed by atoms with Gasteiger partial charge in [-0.2, -0.15) is 0 Å². The van der Waals surface area contributed by atoms with E-state index in [2.05, 4.69) is 119 Å². The van der Waals surface area contributed by atoms with E-state index in [4.69, 9.17) is 47.9 Å². The minimum atomic E-state index is -0.746. The summed E-state index contributed by atoms with van der Waals surface area (Å²) < 4.78 is 46.4. The van der Waals surface area contributed by atoms with Gasteiger partial charge in [0.25, 0.3) is 0 Å². The number of aromatic nitrogens is 4. The zero-order chi connectivity index (χ0) is 60.8. The zero-order valence-corrected chi connectivity index (χ0v) is 51.4. The van der Waals surface area contributed by atoms with E-state index in [0.29, 0.717) is 64.4 Å². The van der Waals surface area contributed by atoms with Crippen LogP contribution in [0.4, 0.5) is 15.3 Å². The highest BCUT2D eigenvalue weighted by Gasteiger charge is 2.52. The highest BCUT2D eigenvalue weighted by Crippen LogP contribution is 2.51. The molecule has 5 aromatic rings. The zero-order valence-electron chi connectivity index (χ0n) is 51.4. The van der Waals surface area contributed by atoms with E-state index < -0.39 is 36.5 Å². The smallest absolute Gasteiger partial charge is 0.407 e. The fourth-order valence-electron chi connectivity index (χ4n) is 11.7. The number of rotatable bonds is 27. The van der Waals surface area contributed by atoms with E-state index >= 15 is 0 Å². The average molecular weight is 1180 g/mol. The number of benzene rings is 3. The van der Waals surface area contributed by atoms with Crippen LogP contribution in [0.1, 0.15) is 127 Å². The molecule has 5 heterocycles. The number of amides is 4.